The van der Waals surface area contributed by atoms with Crippen LogP contribution in [0.5, 0.6) is 0 Å². The number of benzene rings is 1. The van der Waals surface area contributed by atoms with Gasteiger partial charge in [-0.2, -0.15) is 0 Å². The lowest BCUT2D eigenvalue weighted by atomic mass is 10.0. The van der Waals surface area contributed by atoms with Crippen molar-refractivity contribution in [2.45, 2.75) is 12.6 Å². The van der Waals surface area contributed by atoms with Crippen molar-refractivity contribution in [1.82, 2.24) is 14.8 Å². The van der Waals surface area contributed by atoms with Crippen LogP contribution in [0, 0.1) is 5.82 Å². The molecule has 0 amide bonds. The molecule has 1 atom stereocenters. The molecule has 0 bridgehead atoms. The molecule has 1 aliphatic rings. The van der Waals surface area contributed by atoms with Gasteiger partial charge in [0.2, 0.25) is 0 Å². The average Bonchev–Trinajstić information content (AvgIpc) is 2.59. The summed E-state index contributed by atoms with van der Waals surface area (Å²) in [5.74, 6) is -1.48. The van der Waals surface area contributed by atoms with Gasteiger partial charge in [0, 0.05) is 50.7 Å². The van der Waals surface area contributed by atoms with Gasteiger partial charge in [-0.25, -0.2) is 4.39 Å². The first-order valence-electron chi connectivity index (χ1n) is 7.97. The number of piperazine rings is 1. The first-order chi connectivity index (χ1) is 11.6. The normalized spacial score (nSPS) is 17.5. The van der Waals surface area contributed by atoms with E-state index in [4.69, 9.17) is 0 Å². The summed E-state index contributed by atoms with van der Waals surface area (Å²) >= 11 is 0. The van der Waals surface area contributed by atoms with E-state index in [9.17, 15) is 14.3 Å². The summed E-state index contributed by atoms with van der Waals surface area (Å²) in [6.45, 7) is 3.45. The third-order valence-corrected chi connectivity index (χ3v) is 4.33. The van der Waals surface area contributed by atoms with Crippen LogP contribution in [0.25, 0.3) is 0 Å². The van der Waals surface area contributed by atoms with Crippen molar-refractivity contribution in [2.24, 2.45) is 0 Å². The summed E-state index contributed by atoms with van der Waals surface area (Å²) in [5.41, 5.74) is 1.36. The number of halogens is 1. The van der Waals surface area contributed by atoms with Crippen LogP contribution < -0.4 is 0 Å². The van der Waals surface area contributed by atoms with Gasteiger partial charge in [0.05, 0.1) is 0 Å². The molecule has 0 radical (unpaired) electrons. The Labute approximate surface area is 140 Å². The van der Waals surface area contributed by atoms with Crippen molar-refractivity contribution in [3.8, 4) is 0 Å². The third kappa shape index (κ3) is 3.77. The average molecular weight is 329 g/mol. The van der Waals surface area contributed by atoms with E-state index in [1.165, 1.54) is 6.07 Å². The summed E-state index contributed by atoms with van der Waals surface area (Å²) < 4.78 is 14.0. The molecular formula is C18H20FN3O2. The molecule has 5 nitrogen and oxygen atoms in total. The Bertz CT molecular complexity index is 688. The summed E-state index contributed by atoms with van der Waals surface area (Å²) in [6.07, 6.45) is 3.58. The van der Waals surface area contributed by atoms with E-state index in [0.29, 0.717) is 13.1 Å². The SMILES string of the molecule is O=C(O)[C@H](c1ccccc1F)N1CCN(Cc2cccnc2)CC1. The molecule has 1 N–H and O–H groups in total. The van der Waals surface area contributed by atoms with Crippen LogP contribution in [0.1, 0.15) is 17.2 Å². The zero-order valence-electron chi connectivity index (χ0n) is 13.3. The lowest BCUT2D eigenvalue weighted by molar-refractivity contribution is -0.144. The molecule has 1 saturated heterocycles. The molecule has 24 heavy (non-hydrogen) atoms. The zero-order valence-corrected chi connectivity index (χ0v) is 13.3. The van der Waals surface area contributed by atoms with E-state index < -0.39 is 17.8 Å². The van der Waals surface area contributed by atoms with Crippen molar-refractivity contribution in [3.63, 3.8) is 0 Å². The van der Waals surface area contributed by atoms with Gasteiger partial charge < -0.3 is 5.11 Å². The first kappa shape index (κ1) is 16.5. The molecule has 3 rings (SSSR count). The van der Waals surface area contributed by atoms with Gasteiger partial charge >= 0.3 is 5.97 Å². The van der Waals surface area contributed by atoms with Crippen molar-refractivity contribution >= 4 is 5.97 Å². The largest absolute Gasteiger partial charge is 0.480 e. The smallest absolute Gasteiger partial charge is 0.325 e. The summed E-state index contributed by atoms with van der Waals surface area (Å²) in [6, 6.07) is 9.10. The predicted octanol–water partition coefficient (Wildman–Crippen LogP) is 2.16. The third-order valence-electron chi connectivity index (χ3n) is 4.33. The fraction of sp³-hybridized carbons (Fsp3) is 0.333. The van der Waals surface area contributed by atoms with Gasteiger partial charge in [-0.3, -0.25) is 19.6 Å². The van der Waals surface area contributed by atoms with Crippen LogP contribution in [0.15, 0.2) is 48.8 Å². The number of hydrogen-bond donors (Lipinski definition) is 1. The number of nitrogens with zero attached hydrogens (tertiary/aromatic N) is 3. The van der Waals surface area contributed by atoms with E-state index in [-0.39, 0.29) is 5.56 Å². The highest BCUT2D eigenvalue weighted by Crippen LogP contribution is 2.25. The number of pyridine rings is 1. The van der Waals surface area contributed by atoms with Crippen LogP contribution in [0.2, 0.25) is 0 Å². The number of aliphatic carboxylic acids is 1. The van der Waals surface area contributed by atoms with Gasteiger partial charge in [-0.15, -0.1) is 0 Å². The van der Waals surface area contributed by atoms with Crippen molar-refractivity contribution < 1.29 is 14.3 Å². The molecule has 0 aliphatic carbocycles. The van der Waals surface area contributed by atoms with E-state index >= 15 is 0 Å². The highest BCUT2D eigenvalue weighted by Gasteiger charge is 2.31. The number of rotatable bonds is 5. The molecule has 1 aliphatic heterocycles. The molecule has 1 fully saturated rings. The van der Waals surface area contributed by atoms with E-state index in [0.717, 1.165) is 25.2 Å². The fourth-order valence-electron chi connectivity index (χ4n) is 3.11. The highest BCUT2D eigenvalue weighted by atomic mass is 19.1. The molecule has 0 saturated carbocycles. The molecule has 0 spiro atoms. The van der Waals surface area contributed by atoms with Crippen molar-refractivity contribution in [2.75, 3.05) is 26.2 Å². The van der Waals surface area contributed by atoms with Crippen LogP contribution in [-0.4, -0.2) is 52.0 Å². The molecule has 0 unspecified atom stereocenters. The summed E-state index contributed by atoms with van der Waals surface area (Å²) in [4.78, 5) is 19.9. The number of hydrogen-bond acceptors (Lipinski definition) is 4. The van der Waals surface area contributed by atoms with Crippen LogP contribution >= 0.6 is 0 Å². The fourth-order valence-corrected chi connectivity index (χ4v) is 3.11. The molecule has 1 aromatic carbocycles. The number of aromatic nitrogens is 1. The summed E-state index contributed by atoms with van der Waals surface area (Å²) in [5, 5.41) is 9.57. The minimum Gasteiger partial charge on any atom is -0.480 e. The standard InChI is InChI=1S/C18H20FN3O2/c19-16-6-2-1-5-15(16)17(18(23)24)22-10-8-21(9-11-22)13-14-4-3-7-20-12-14/h1-7,12,17H,8-11,13H2,(H,23,24)/t17-/m0/s1. The lowest BCUT2D eigenvalue weighted by Gasteiger charge is -2.37. The highest BCUT2D eigenvalue weighted by molar-refractivity contribution is 5.75. The molecule has 6 heteroatoms. The number of carbonyl (C=O) groups is 1. The van der Waals surface area contributed by atoms with E-state index in [1.807, 2.05) is 23.2 Å². The topological polar surface area (TPSA) is 56.7 Å². The maximum Gasteiger partial charge on any atom is 0.325 e. The van der Waals surface area contributed by atoms with E-state index in [1.54, 1.807) is 24.4 Å². The number of carboxylic acids is 1. The quantitative estimate of drug-likeness (QED) is 0.911. The van der Waals surface area contributed by atoms with Crippen LogP contribution in [0.4, 0.5) is 4.39 Å². The Hall–Kier alpha value is -2.31. The van der Waals surface area contributed by atoms with Crippen LogP contribution in [-0.2, 0) is 11.3 Å². The molecule has 126 valence electrons. The Kier molecular flexibility index (Phi) is 5.17. The Balaban J connectivity index is 1.66. The second-order valence-corrected chi connectivity index (χ2v) is 5.94. The van der Waals surface area contributed by atoms with E-state index in [2.05, 4.69) is 9.88 Å². The Morgan fingerprint density at radius 3 is 2.54 bits per heavy atom. The molecule has 2 aromatic rings. The van der Waals surface area contributed by atoms with Crippen molar-refractivity contribution in [1.29, 1.82) is 0 Å². The number of carboxylic acid groups (broad SMARTS) is 1. The lowest BCUT2D eigenvalue weighted by Crippen LogP contribution is -2.49. The van der Waals surface area contributed by atoms with Gasteiger partial charge in [0.25, 0.3) is 0 Å². The minimum atomic E-state index is -1.01. The predicted molar refractivity (Wildman–Crippen MR) is 87.9 cm³/mol. The monoisotopic (exact) mass is 329 g/mol. The Morgan fingerprint density at radius 1 is 1.17 bits per heavy atom. The van der Waals surface area contributed by atoms with Crippen molar-refractivity contribution in [3.05, 3.63) is 65.7 Å². The first-order valence-corrected chi connectivity index (χ1v) is 7.97. The maximum atomic E-state index is 14.0. The van der Waals surface area contributed by atoms with Gasteiger partial charge in [0.1, 0.15) is 11.9 Å². The van der Waals surface area contributed by atoms with Gasteiger partial charge in [-0.1, -0.05) is 24.3 Å². The molecule has 1 aromatic heterocycles. The summed E-state index contributed by atoms with van der Waals surface area (Å²) in [7, 11) is 0. The van der Waals surface area contributed by atoms with Gasteiger partial charge in [0.15, 0.2) is 0 Å². The zero-order chi connectivity index (χ0) is 16.9. The Morgan fingerprint density at radius 2 is 1.92 bits per heavy atom. The van der Waals surface area contributed by atoms with Gasteiger partial charge in [-0.05, 0) is 17.7 Å². The second kappa shape index (κ2) is 7.51. The second-order valence-electron chi connectivity index (χ2n) is 5.94. The minimum absolute atomic E-state index is 0.228. The maximum absolute atomic E-state index is 14.0. The molecular weight excluding hydrogens is 309 g/mol. The molecule has 2 heterocycles. The van der Waals surface area contributed by atoms with Crippen LogP contribution in [0.3, 0.4) is 0 Å².